The number of nitrogens with one attached hydrogen (secondary N) is 1. The van der Waals surface area contributed by atoms with Crippen LogP contribution in [-0.2, 0) is 6.54 Å². The molecule has 3 heteroatoms. The van der Waals surface area contributed by atoms with Crippen LogP contribution in [0.25, 0.3) is 22.6 Å². The first kappa shape index (κ1) is 13.6. The first-order valence-corrected chi connectivity index (χ1v) is 7.62. The zero-order chi connectivity index (χ0) is 15.5. The second kappa shape index (κ2) is 5.97. The minimum Gasteiger partial charge on any atom is -0.436 e. The van der Waals surface area contributed by atoms with Crippen LogP contribution in [0.1, 0.15) is 5.56 Å². The van der Waals surface area contributed by atoms with Gasteiger partial charge in [0.05, 0.1) is 0 Å². The van der Waals surface area contributed by atoms with Gasteiger partial charge in [-0.2, -0.15) is 0 Å². The summed E-state index contributed by atoms with van der Waals surface area (Å²) in [4.78, 5) is 4.59. The van der Waals surface area contributed by atoms with Gasteiger partial charge in [0.2, 0.25) is 5.89 Å². The van der Waals surface area contributed by atoms with Crippen LogP contribution in [-0.4, -0.2) is 4.98 Å². The number of rotatable bonds is 4. The van der Waals surface area contributed by atoms with Crippen molar-refractivity contribution in [2.24, 2.45) is 0 Å². The molecular formula is C20H16N2O. The van der Waals surface area contributed by atoms with E-state index in [2.05, 4.69) is 22.4 Å². The molecule has 0 unspecified atom stereocenters. The minimum atomic E-state index is 0.654. The van der Waals surface area contributed by atoms with Crippen LogP contribution in [0.4, 0.5) is 5.69 Å². The summed E-state index contributed by atoms with van der Waals surface area (Å²) in [5, 5.41) is 3.42. The normalized spacial score (nSPS) is 10.8. The van der Waals surface area contributed by atoms with Crippen molar-refractivity contribution in [2.75, 3.05) is 5.32 Å². The van der Waals surface area contributed by atoms with Crippen molar-refractivity contribution in [1.82, 2.24) is 4.98 Å². The van der Waals surface area contributed by atoms with Crippen LogP contribution in [0.2, 0.25) is 0 Å². The molecule has 0 bridgehead atoms. The van der Waals surface area contributed by atoms with Crippen molar-refractivity contribution in [3.8, 4) is 11.5 Å². The lowest BCUT2D eigenvalue weighted by atomic mass is 10.2. The van der Waals surface area contributed by atoms with E-state index >= 15 is 0 Å². The molecule has 4 aromatic rings. The third-order valence-corrected chi connectivity index (χ3v) is 3.75. The Bertz CT molecular complexity index is 914. The Morgan fingerprint density at radius 3 is 2.35 bits per heavy atom. The molecule has 0 atom stereocenters. The average molecular weight is 300 g/mol. The number of hydrogen-bond donors (Lipinski definition) is 1. The Kier molecular flexibility index (Phi) is 3.53. The highest BCUT2D eigenvalue weighted by Crippen LogP contribution is 2.26. The number of fused-ring (bicyclic) bond motifs is 1. The Morgan fingerprint density at radius 2 is 1.57 bits per heavy atom. The first-order chi connectivity index (χ1) is 11.4. The van der Waals surface area contributed by atoms with Gasteiger partial charge < -0.3 is 9.73 Å². The van der Waals surface area contributed by atoms with Crippen molar-refractivity contribution in [2.45, 2.75) is 6.54 Å². The number of nitrogens with zero attached hydrogens (tertiary/aromatic N) is 1. The standard InChI is InChI=1S/C20H16N2O/c1-3-7-15(8-4-1)14-21-17-11-12-19-18(13-17)22-20(23-19)16-9-5-2-6-10-16/h1-13,21H,14H2. The van der Waals surface area contributed by atoms with E-state index in [1.807, 2.05) is 66.7 Å². The maximum atomic E-state index is 5.83. The molecule has 1 aromatic heterocycles. The fourth-order valence-corrected chi connectivity index (χ4v) is 2.54. The van der Waals surface area contributed by atoms with Gasteiger partial charge in [-0.25, -0.2) is 4.98 Å². The number of anilines is 1. The van der Waals surface area contributed by atoms with Crippen LogP contribution in [0, 0.1) is 0 Å². The zero-order valence-electron chi connectivity index (χ0n) is 12.6. The van der Waals surface area contributed by atoms with Gasteiger partial charge in [0.1, 0.15) is 5.52 Å². The molecule has 0 aliphatic rings. The highest BCUT2D eigenvalue weighted by molar-refractivity contribution is 5.80. The van der Waals surface area contributed by atoms with Gasteiger partial charge in [-0.3, -0.25) is 0 Å². The second-order valence-corrected chi connectivity index (χ2v) is 5.41. The predicted octanol–water partition coefficient (Wildman–Crippen LogP) is 5.11. The van der Waals surface area contributed by atoms with E-state index in [1.54, 1.807) is 0 Å². The molecule has 112 valence electrons. The quantitative estimate of drug-likeness (QED) is 0.569. The van der Waals surface area contributed by atoms with Gasteiger partial charge in [-0.15, -0.1) is 0 Å². The van der Waals surface area contributed by atoms with Gasteiger partial charge >= 0.3 is 0 Å². The van der Waals surface area contributed by atoms with Crippen LogP contribution in [0.3, 0.4) is 0 Å². The van der Waals surface area contributed by atoms with Gasteiger partial charge in [-0.1, -0.05) is 48.5 Å². The lowest BCUT2D eigenvalue weighted by Crippen LogP contribution is -1.98. The fourth-order valence-electron chi connectivity index (χ4n) is 2.54. The van der Waals surface area contributed by atoms with Gasteiger partial charge in [0, 0.05) is 17.8 Å². The average Bonchev–Trinajstić information content (AvgIpc) is 3.05. The third-order valence-electron chi connectivity index (χ3n) is 3.75. The van der Waals surface area contributed by atoms with Gasteiger partial charge in [0.25, 0.3) is 0 Å². The van der Waals surface area contributed by atoms with Gasteiger partial charge in [-0.05, 0) is 35.9 Å². The monoisotopic (exact) mass is 300 g/mol. The van der Waals surface area contributed by atoms with Gasteiger partial charge in [0.15, 0.2) is 5.58 Å². The molecule has 0 fully saturated rings. The topological polar surface area (TPSA) is 38.1 Å². The summed E-state index contributed by atoms with van der Waals surface area (Å²) in [5.74, 6) is 0.654. The van der Waals surface area contributed by atoms with Crippen molar-refractivity contribution in [3.63, 3.8) is 0 Å². The van der Waals surface area contributed by atoms with Crippen LogP contribution in [0.5, 0.6) is 0 Å². The fraction of sp³-hybridized carbons (Fsp3) is 0.0500. The Labute approximate surface area is 134 Å². The Hall–Kier alpha value is -3.07. The van der Waals surface area contributed by atoms with Crippen molar-refractivity contribution in [3.05, 3.63) is 84.4 Å². The van der Waals surface area contributed by atoms with E-state index in [0.717, 1.165) is 28.9 Å². The van der Waals surface area contributed by atoms with Crippen LogP contribution < -0.4 is 5.32 Å². The summed E-state index contributed by atoms with van der Waals surface area (Å²) in [7, 11) is 0. The smallest absolute Gasteiger partial charge is 0.227 e. The zero-order valence-corrected chi connectivity index (χ0v) is 12.6. The molecule has 1 N–H and O–H groups in total. The first-order valence-electron chi connectivity index (χ1n) is 7.62. The van der Waals surface area contributed by atoms with E-state index in [-0.39, 0.29) is 0 Å². The SMILES string of the molecule is c1ccc(CNc2ccc3oc(-c4ccccc4)nc3c2)cc1. The highest BCUT2D eigenvalue weighted by atomic mass is 16.3. The maximum Gasteiger partial charge on any atom is 0.227 e. The number of aromatic nitrogens is 1. The van der Waals surface area contributed by atoms with Crippen molar-refractivity contribution < 1.29 is 4.42 Å². The van der Waals surface area contributed by atoms with E-state index in [0.29, 0.717) is 5.89 Å². The summed E-state index contributed by atoms with van der Waals surface area (Å²) in [6.07, 6.45) is 0. The summed E-state index contributed by atoms with van der Waals surface area (Å²) in [5.41, 5.74) is 4.94. The van der Waals surface area contributed by atoms with Crippen molar-refractivity contribution >= 4 is 16.8 Å². The lowest BCUT2D eigenvalue weighted by Gasteiger charge is -2.05. The van der Waals surface area contributed by atoms with Crippen LogP contribution >= 0.6 is 0 Å². The Morgan fingerprint density at radius 1 is 0.826 bits per heavy atom. The van der Waals surface area contributed by atoms with E-state index in [4.69, 9.17) is 4.42 Å². The van der Waals surface area contributed by atoms with E-state index in [1.165, 1.54) is 5.56 Å². The van der Waals surface area contributed by atoms with E-state index < -0.39 is 0 Å². The molecule has 0 aliphatic heterocycles. The second-order valence-electron chi connectivity index (χ2n) is 5.41. The predicted molar refractivity (Wildman–Crippen MR) is 93.2 cm³/mol. The molecule has 0 aliphatic carbocycles. The highest BCUT2D eigenvalue weighted by Gasteiger charge is 2.08. The molecule has 0 saturated carbocycles. The molecule has 1 heterocycles. The molecule has 3 nitrogen and oxygen atoms in total. The van der Waals surface area contributed by atoms with Crippen LogP contribution in [0.15, 0.2) is 83.3 Å². The number of benzene rings is 3. The molecule has 4 rings (SSSR count). The summed E-state index contributed by atoms with van der Waals surface area (Å²) in [6, 6.07) is 26.3. The Balaban J connectivity index is 1.58. The maximum absolute atomic E-state index is 5.83. The number of oxazole rings is 1. The largest absolute Gasteiger partial charge is 0.436 e. The van der Waals surface area contributed by atoms with E-state index in [9.17, 15) is 0 Å². The number of hydrogen-bond acceptors (Lipinski definition) is 3. The summed E-state index contributed by atoms with van der Waals surface area (Å²) in [6.45, 7) is 0.787. The molecule has 3 aromatic carbocycles. The minimum absolute atomic E-state index is 0.654. The molecule has 0 saturated heterocycles. The summed E-state index contributed by atoms with van der Waals surface area (Å²) >= 11 is 0. The van der Waals surface area contributed by atoms with Crippen molar-refractivity contribution in [1.29, 1.82) is 0 Å². The lowest BCUT2D eigenvalue weighted by molar-refractivity contribution is 0.620. The third kappa shape index (κ3) is 2.94. The summed E-state index contributed by atoms with van der Waals surface area (Å²) < 4.78 is 5.83. The molecule has 0 amide bonds. The molecule has 0 spiro atoms. The molecule has 0 radical (unpaired) electrons. The molecule has 23 heavy (non-hydrogen) atoms. The molecular weight excluding hydrogens is 284 g/mol.